The topological polar surface area (TPSA) is 83.7 Å². The van der Waals surface area contributed by atoms with Gasteiger partial charge in [0.15, 0.2) is 5.78 Å². The van der Waals surface area contributed by atoms with Crippen molar-refractivity contribution in [2.24, 2.45) is 5.92 Å². The van der Waals surface area contributed by atoms with Crippen LogP contribution < -0.4 is 4.74 Å². The zero-order chi connectivity index (χ0) is 21.5. The van der Waals surface area contributed by atoms with Crippen LogP contribution in [-0.2, 0) is 14.3 Å². The van der Waals surface area contributed by atoms with Crippen molar-refractivity contribution in [3.8, 4) is 17.2 Å². The molecule has 7 nitrogen and oxygen atoms in total. The fourth-order valence-corrected chi connectivity index (χ4v) is 2.46. The third-order valence-corrected chi connectivity index (χ3v) is 4.23. The maximum Gasteiger partial charge on any atom is 0.276 e. The fraction of sp³-hybridized carbons (Fsp3) is 0.571. The third kappa shape index (κ3) is 9.92. The molecule has 2 aromatic rings. The van der Waals surface area contributed by atoms with Gasteiger partial charge in [-0.2, -0.15) is 0 Å². The Morgan fingerprint density at radius 1 is 1.03 bits per heavy atom. The molecule has 0 saturated heterocycles. The van der Waals surface area contributed by atoms with E-state index in [1.54, 1.807) is 0 Å². The van der Waals surface area contributed by atoms with Gasteiger partial charge in [0, 0.05) is 11.5 Å². The average molecular weight is 425 g/mol. The standard InChI is InChI=1S/C19H26N2O5S.C2H6/c1-4-27-19-21-20-18(26-19)15-5-7-16(8-6-15)25-12-11-23-9-10-24-13-17(22)14(2)3;1-2/h5-8,14H,4,9-13H2,1-3H3;1-2H3. The van der Waals surface area contributed by atoms with Gasteiger partial charge in [-0.15, -0.1) is 10.2 Å². The molecule has 0 bridgehead atoms. The maximum atomic E-state index is 11.4. The van der Waals surface area contributed by atoms with Crippen LogP contribution in [0.5, 0.6) is 5.75 Å². The maximum absolute atomic E-state index is 11.4. The Bertz CT molecular complexity index is 689. The number of rotatable bonds is 13. The Morgan fingerprint density at radius 3 is 2.34 bits per heavy atom. The summed E-state index contributed by atoms with van der Waals surface area (Å²) in [6.45, 7) is 11.6. The summed E-state index contributed by atoms with van der Waals surface area (Å²) in [7, 11) is 0. The van der Waals surface area contributed by atoms with E-state index < -0.39 is 0 Å². The minimum Gasteiger partial charge on any atom is -0.491 e. The molecule has 0 N–H and O–H groups in total. The Kier molecular flexibility index (Phi) is 13.0. The van der Waals surface area contributed by atoms with Crippen LogP contribution >= 0.6 is 11.8 Å². The smallest absolute Gasteiger partial charge is 0.276 e. The summed E-state index contributed by atoms with van der Waals surface area (Å²) < 4.78 is 21.9. The second kappa shape index (κ2) is 15.0. The summed E-state index contributed by atoms with van der Waals surface area (Å²) in [6.07, 6.45) is 0. The number of ether oxygens (including phenoxy) is 3. The molecule has 8 heteroatoms. The largest absolute Gasteiger partial charge is 0.491 e. The predicted molar refractivity (Wildman–Crippen MR) is 114 cm³/mol. The molecule has 0 amide bonds. The van der Waals surface area contributed by atoms with Crippen molar-refractivity contribution in [2.45, 2.75) is 39.8 Å². The summed E-state index contributed by atoms with van der Waals surface area (Å²) in [5.41, 5.74) is 0.849. The van der Waals surface area contributed by atoms with Crippen LogP contribution in [0.1, 0.15) is 34.6 Å². The number of benzene rings is 1. The van der Waals surface area contributed by atoms with Crippen LogP contribution in [0.25, 0.3) is 11.5 Å². The van der Waals surface area contributed by atoms with Crippen LogP contribution in [-0.4, -0.2) is 54.8 Å². The van der Waals surface area contributed by atoms with Crippen LogP contribution in [0.2, 0.25) is 0 Å². The molecule has 162 valence electrons. The first-order valence-corrected chi connectivity index (χ1v) is 11.0. The van der Waals surface area contributed by atoms with Gasteiger partial charge >= 0.3 is 0 Å². The van der Waals surface area contributed by atoms with Crippen LogP contribution in [0.15, 0.2) is 33.9 Å². The lowest BCUT2D eigenvalue weighted by molar-refractivity contribution is -0.127. The molecule has 0 spiro atoms. The molecule has 0 aliphatic carbocycles. The molecular weight excluding hydrogens is 392 g/mol. The molecule has 1 aromatic heterocycles. The molecule has 0 fully saturated rings. The molecule has 0 aliphatic rings. The highest BCUT2D eigenvalue weighted by molar-refractivity contribution is 7.99. The van der Waals surface area contributed by atoms with E-state index in [9.17, 15) is 4.79 Å². The Labute approximate surface area is 177 Å². The van der Waals surface area contributed by atoms with Gasteiger partial charge in [0.1, 0.15) is 19.0 Å². The molecule has 0 atom stereocenters. The lowest BCUT2D eigenvalue weighted by Crippen LogP contribution is -2.17. The number of aromatic nitrogens is 2. The van der Waals surface area contributed by atoms with Gasteiger partial charge in [-0.1, -0.05) is 46.4 Å². The highest BCUT2D eigenvalue weighted by Gasteiger charge is 2.08. The van der Waals surface area contributed by atoms with Gasteiger partial charge in [0.05, 0.1) is 19.8 Å². The van der Waals surface area contributed by atoms with E-state index in [1.807, 2.05) is 58.9 Å². The molecule has 2 rings (SSSR count). The fourth-order valence-electron chi connectivity index (χ4n) is 1.98. The highest BCUT2D eigenvalue weighted by atomic mass is 32.2. The minimum absolute atomic E-state index is 0.00261. The number of Topliss-reactive ketones (excluding diaryl/α,β-unsaturated/α-hetero) is 1. The summed E-state index contributed by atoms with van der Waals surface area (Å²) in [6, 6.07) is 7.47. The van der Waals surface area contributed by atoms with Crippen LogP contribution in [0.3, 0.4) is 0 Å². The van der Waals surface area contributed by atoms with Crippen molar-refractivity contribution in [1.29, 1.82) is 0 Å². The summed E-state index contributed by atoms with van der Waals surface area (Å²) in [5.74, 6) is 2.23. The predicted octanol–water partition coefficient (Wildman–Crippen LogP) is 4.51. The number of thioether (sulfide) groups is 1. The average Bonchev–Trinajstić information content (AvgIpc) is 3.20. The quantitative estimate of drug-likeness (QED) is 0.343. The molecule has 1 heterocycles. The number of hydrogen-bond acceptors (Lipinski definition) is 8. The molecule has 0 saturated carbocycles. The lowest BCUT2D eigenvalue weighted by atomic mass is 10.1. The first kappa shape index (κ1) is 25.1. The molecular formula is C21H32N2O5S. The van der Waals surface area contributed by atoms with Gasteiger partial charge in [-0.25, -0.2) is 0 Å². The van der Waals surface area contributed by atoms with Gasteiger partial charge in [0.25, 0.3) is 5.22 Å². The third-order valence-electron chi connectivity index (χ3n) is 3.53. The van der Waals surface area contributed by atoms with Crippen LogP contribution in [0, 0.1) is 5.92 Å². The number of nitrogens with zero attached hydrogens (tertiary/aromatic N) is 2. The molecule has 0 radical (unpaired) electrons. The summed E-state index contributed by atoms with van der Waals surface area (Å²) >= 11 is 1.51. The van der Waals surface area contributed by atoms with E-state index in [2.05, 4.69) is 10.2 Å². The molecule has 0 unspecified atom stereocenters. The van der Waals surface area contributed by atoms with Crippen molar-refractivity contribution < 1.29 is 23.4 Å². The van der Waals surface area contributed by atoms with Gasteiger partial charge < -0.3 is 18.6 Å². The number of carbonyl (C=O) groups excluding carboxylic acids is 1. The van der Waals surface area contributed by atoms with Crippen molar-refractivity contribution in [2.75, 3.05) is 38.8 Å². The normalized spacial score (nSPS) is 10.6. The zero-order valence-electron chi connectivity index (χ0n) is 18.0. The number of carbonyl (C=O) groups is 1. The van der Waals surface area contributed by atoms with E-state index in [0.717, 1.165) is 17.1 Å². The number of ketones is 1. The lowest BCUT2D eigenvalue weighted by Gasteiger charge is -2.08. The second-order valence-electron chi connectivity index (χ2n) is 5.96. The van der Waals surface area contributed by atoms with E-state index in [1.165, 1.54) is 11.8 Å². The monoisotopic (exact) mass is 424 g/mol. The highest BCUT2D eigenvalue weighted by Crippen LogP contribution is 2.24. The summed E-state index contributed by atoms with van der Waals surface area (Å²) in [4.78, 5) is 11.4. The SMILES string of the molecule is CC.CCSc1nnc(-c2ccc(OCCOCCOCC(=O)C(C)C)cc2)o1. The van der Waals surface area contributed by atoms with E-state index in [4.69, 9.17) is 18.6 Å². The van der Waals surface area contributed by atoms with Crippen molar-refractivity contribution in [3.63, 3.8) is 0 Å². The molecule has 1 aromatic carbocycles. The zero-order valence-corrected chi connectivity index (χ0v) is 18.8. The molecule has 29 heavy (non-hydrogen) atoms. The molecule has 0 aliphatic heterocycles. The summed E-state index contributed by atoms with van der Waals surface area (Å²) in [5, 5.41) is 8.59. The minimum atomic E-state index is 0.00261. The first-order valence-electron chi connectivity index (χ1n) is 9.98. The van der Waals surface area contributed by atoms with E-state index in [0.29, 0.717) is 37.5 Å². The number of hydrogen-bond donors (Lipinski definition) is 0. The van der Waals surface area contributed by atoms with Gasteiger partial charge in [0.2, 0.25) is 5.89 Å². The van der Waals surface area contributed by atoms with Crippen molar-refractivity contribution in [3.05, 3.63) is 24.3 Å². The van der Waals surface area contributed by atoms with E-state index >= 15 is 0 Å². The first-order chi connectivity index (χ1) is 14.1. The van der Waals surface area contributed by atoms with Crippen molar-refractivity contribution in [1.82, 2.24) is 10.2 Å². The Morgan fingerprint density at radius 2 is 1.69 bits per heavy atom. The van der Waals surface area contributed by atoms with Gasteiger partial charge in [-0.05, 0) is 30.0 Å². The Balaban J connectivity index is 0.00000204. The van der Waals surface area contributed by atoms with Crippen LogP contribution in [0.4, 0.5) is 0 Å². The van der Waals surface area contributed by atoms with Crippen molar-refractivity contribution >= 4 is 17.5 Å². The second-order valence-corrected chi connectivity index (χ2v) is 7.18. The van der Waals surface area contributed by atoms with Gasteiger partial charge in [-0.3, -0.25) is 4.79 Å². The van der Waals surface area contributed by atoms with E-state index in [-0.39, 0.29) is 18.3 Å². The Hall–Kier alpha value is -1.90.